The van der Waals surface area contributed by atoms with Crippen LogP contribution in [0.2, 0.25) is 5.02 Å². The van der Waals surface area contributed by atoms with E-state index in [4.69, 9.17) is 22.1 Å². The second-order valence-corrected chi connectivity index (χ2v) is 7.40. The second kappa shape index (κ2) is 5.68. The summed E-state index contributed by atoms with van der Waals surface area (Å²) in [5, 5.41) is 0.659. The molecule has 0 fully saturated rings. The molecule has 2 aromatic rings. The predicted octanol–water partition coefficient (Wildman–Crippen LogP) is 4.71. The lowest BCUT2D eigenvalue weighted by Crippen LogP contribution is -2.12. The van der Waals surface area contributed by atoms with E-state index in [1.807, 2.05) is 23.5 Å². The average molecular weight is 373 g/mol. The largest absolute Gasteiger partial charge is 0.495 e. The number of fused-ring (bicyclic) bond motifs is 1. The van der Waals surface area contributed by atoms with E-state index in [0.29, 0.717) is 5.02 Å². The molecule has 3 rings (SSSR count). The third-order valence-electron chi connectivity index (χ3n) is 3.65. The second-order valence-electron chi connectivity index (χ2n) is 4.94. The molecule has 0 bridgehead atoms. The molecule has 20 heavy (non-hydrogen) atoms. The van der Waals surface area contributed by atoms with E-state index >= 15 is 0 Å². The molecule has 2 N–H and O–H groups in total. The fourth-order valence-electron chi connectivity index (χ4n) is 2.69. The van der Waals surface area contributed by atoms with E-state index in [1.54, 1.807) is 7.11 Å². The Morgan fingerprint density at radius 2 is 2.15 bits per heavy atom. The first-order valence-electron chi connectivity index (χ1n) is 6.50. The Labute approximate surface area is 136 Å². The molecule has 1 unspecified atom stereocenters. The standard InChI is InChI=1S/C15H15BrClNOS/c1-19-15-10(6-9(17)7-11(15)16)14(18)13-5-8-3-2-4-12(8)20-13/h5-7,14H,2-4,18H2,1H3. The highest BCUT2D eigenvalue weighted by atomic mass is 79.9. The molecule has 1 aromatic carbocycles. The molecule has 2 nitrogen and oxygen atoms in total. The maximum absolute atomic E-state index is 6.44. The summed E-state index contributed by atoms with van der Waals surface area (Å²) in [6.07, 6.45) is 3.63. The number of aryl methyl sites for hydroxylation is 2. The van der Waals surface area contributed by atoms with Gasteiger partial charge >= 0.3 is 0 Å². The zero-order chi connectivity index (χ0) is 14.3. The third-order valence-corrected chi connectivity index (χ3v) is 5.78. The van der Waals surface area contributed by atoms with Gasteiger partial charge in [0.1, 0.15) is 5.75 Å². The number of ether oxygens (including phenoxy) is 1. The topological polar surface area (TPSA) is 35.2 Å². The van der Waals surface area contributed by atoms with Gasteiger partial charge in [0.05, 0.1) is 17.6 Å². The molecular weight excluding hydrogens is 358 g/mol. The van der Waals surface area contributed by atoms with Gasteiger partial charge in [-0.3, -0.25) is 0 Å². The Morgan fingerprint density at radius 3 is 2.85 bits per heavy atom. The van der Waals surface area contributed by atoms with Crippen LogP contribution in [0.3, 0.4) is 0 Å². The third kappa shape index (κ3) is 2.50. The molecule has 1 heterocycles. The van der Waals surface area contributed by atoms with E-state index in [2.05, 4.69) is 22.0 Å². The lowest BCUT2D eigenvalue weighted by Gasteiger charge is -2.16. The highest BCUT2D eigenvalue weighted by molar-refractivity contribution is 9.10. The zero-order valence-electron chi connectivity index (χ0n) is 11.1. The number of hydrogen-bond acceptors (Lipinski definition) is 3. The number of methoxy groups -OCH3 is 1. The maximum Gasteiger partial charge on any atom is 0.138 e. The quantitative estimate of drug-likeness (QED) is 0.847. The molecule has 1 aliphatic carbocycles. The minimum Gasteiger partial charge on any atom is -0.495 e. The molecule has 106 valence electrons. The number of thiophene rings is 1. The summed E-state index contributed by atoms with van der Waals surface area (Å²) in [6, 6.07) is 5.76. The van der Waals surface area contributed by atoms with Crippen LogP contribution in [0.4, 0.5) is 0 Å². The van der Waals surface area contributed by atoms with Gasteiger partial charge in [-0.25, -0.2) is 0 Å². The molecule has 0 saturated carbocycles. The summed E-state index contributed by atoms with van der Waals surface area (Å²) >= 11 is 11.4. The van der Waals surface area contributed by atoms with Crippen molar-refractivity contribution < 1.29 is 4.74 Å². The van der Waals surface area contributed by atoms with Gasteiger partial charge in [-0.2, -0.15) is 0 Å². The summed E-state index contributed by atoms with van der Waals surface area (Å²) in [7, 11) is 1.65. The van der Waals surface area contributed by atoms with Crippen molar-refractivity contribution in [2.24, 2.45) is 5.73 Å². The molecule has 1 atom stereocenters. The molecule has 0 amide bonds. The smallest absolute Gasteiger partial charge is 0.138 e. The monoisotopic (exact) mass is 371 g/mol. The SMILES string of the molecule is COc1c(Br)cc(Cl)cc1C(N)c1cc2c(s1)CCC2. The van der Waals surface area contributed by atoms with E-state index in [9.17, 15) is 0 Å². The summed E-state index contributed by atoms with van der Waals surface area (Å²) in [6.45, 7) is 0. The van der Waals surface area contributed by atoms with Crippen molar-refractivity contribution in [2.75, 3.05) is 7.11 Å². The van der Waals surface area contributed by atoms with Crippen molar-refractivity contribution in [3.63, 3.8) is 0 Å². The van der Waals surface area contributed by atoms with Crippen molar-refractivity contribution in [1.82, 2.24) is 0 Å². The maximum atomic E-state index is 6.44. The van der Waals surface area contributed by atoms with Crippen LogP contribution in [0, 0.1) is 0 Å². The number of benzene rings is 1. The van der Waals surface area contributed by atoms with Gasteiger partial charge in [0.15, 0.2) is 0 Å². The van der Waals surface area contributed by atoms with Gasteiger partial charge in [0, 0.05) is 20.3 Å². The van der Waals surface area contributed by atoms with Gasteiger partial charge in [0.25, 0.3) is 0 Å². The Hall–Kier alpha value is -0.550. The summed E-state index contributed by atoms with van der Waals surface area (Å²) in [5.41, 5.74) is 8.82. The van der Waals surface area contributed by atoms with E-state index in [1.165, 1.54) is 34.6 Å². The fraction of sp³-hybridized carbons (Fsp3) is 0.333. The lowest BCUT2D eigenvalue weighted by atomic mass is 10.0. The van der Waals surface area contributed by atoms with Crippen LogP contribution >= 0.6 is 38.9 Å². The first-order valence-corrected chi connectivity index (χ1v) is 8.49. The van der Waals surface area contributed by atoms with Crippen LogP contribution < -0.4 is 10.5 Å². The highest BCUT2D eigenvalue weighted by Crippen LogP contribution is 2.41. The summed E-state index contributed by atoms with van der Waals surface area (Å²) in [4.78, 5) is 2.66. The van der Waals surface area contributed by atoms with Gasteiger partial charge < -0.3 is 10.5 Å². The number of rotatable bonds is 3. The predicted molar refractivity (Wildman–Crippen MR) is 88.1 cm³/mol. The van der Waals surface area contributed by atoms with Crippen molar-refractivity contribution in [2.45, 2.75) is 25.3 Å². The normalized spacial score (nSPS) is 15.2. The molecule has 1 aromatic heterocycles. The van der Waals surface area contributed by atoms with Crippen LogP contribution in [0.25, 0.3) is 0 Å². The summed E-state index contributed by atoms with van der Waals surface area (Å²) < 4.78 is 6.31. The Bertz CT molecular complexity index is 634. The molecule has 0 saturated heterocycles. The molecule has 5 heteroatoms. The van der Waals surface area contributed by atoms with Crippen LogP contribution in [0.15, 0.2) is 22.7 Å². The van der Waals surface area contributed by atoms with E-state index in [0.717, 1.165) is 15.8 Å². The Balaban J connectivity index is 2.03. The van der Waals surface area contributed by atoms with E-state index < -0.39 is 0 Å². The average Bonchev–Trinajstić information content (AvgIpc) is 2.97. The first kappa shape index (κ1) is 14.4. The van der Waals surface area contributed by atoms with Crippen molar-refractivity contribution >= 4 is 38.9 Å². The highest BCUT2D eigenvalue weighted by Gasteiger charge is 2.22. The number of hydrogen-bond donors (Lipinski definition) is 1. The lowest BCUT2D eigenvalue weighted by molar-refractivity contribution is 0.405. The molecule has 1 aliphatic rings. The zero-order valence-corrected chi connectivity index (χ0v) is 14.2. The minimum absolute atomic E-state index is 0.199. The summed E-state index contributed by atoms with van der Waals surface area (Å²) in [5.74, 6) is 0.760. The Kier molecular flexibility index (Phi) is 4.09. The van der Waals surface area contributed by atoms with Gasteiger partial charge in [-0.05, 0) is 59.0 Å². The van der Waals surface area contributed by atoms with Crippen LogP contribution in [-0.4, -0.2) is 7.11 Å². The van der Waals surface area contributed by atoms with Crippen LogP contribution in [-0.2, 0) is 12.8 Å². The fourth-order valence-corrected chi connectivity index (χ4v) is 4.96. The van der Waals surface area contributed by atoms with Crippen LogP contribution in [0.5, 0.6) is 5.75 Å². The first-order chi connectivity index (χ1) is 9.60. The van der Waals surface area contributed by atoms with Gasteiger partial charge in [0.2, 0.25) is 0 Å². The number of nitrogens with two attached hydrogens (primary N) is 1. The van der Waals surface area contributed by atoms with Gasteiger partial charge in [-0.15, -0.1) is 11.3 Å². The minimum atomic E-state index is -0.199. The van der Waals surface area contributed by atoms with Crippen molar-refractivity contribution in [3.8, 4) is 5.75 Å². The van der Waals surface area contributed by atoms with E-state index in [-0.39, 0.29) is 6.04 Å². The van der Waals surface area contributed by atoms with Crippen LogP contribution in [0.1, 0.15) is 33.3 Å². The van der Waals surface area contributed by atoms with Crippen molar-refractivity contribution in [1.29, 1.82) is 0 Å². The molecule has 0 spiro atoms. The molecule has 0 radical (unpaired) electrons. The molecular formula is C15H15BrClNOS. The Morgan fingerprint density at radius 1 is 1.35 bits per heavy atom. The van der Waals surface area contributed by atoms with Crippen molar-refractivity contribution in [3.05, 3.63) is 48.6 Å². The molecule has 0 aliphatic heterocycles. The van der Waals surface area contributed by atoms with Gasteiger partial charge in [-0.1, -0.05) is 11.6 Å². The number of halogens is 2.